The van der Waals surface area contributed by atoms with E-state index in [1.165, 1.54) is 10.7 Å². The number of para-hydroxylation sites is 1. The molecular formula is C24H27N5O4. The van der Waals surface area contributed by atoms with E-state index < -0.39 is 10.8 Å². The molecule has 0 radical (unpaired) electrons. The predicted octanol–water partition coefficient (Wildman–Crippen LogP) is 3.88. The van der Waals surface area contributed by atoms with E-state index >= 15 is 0 Å². The number of anilines is 2. The van der Waals surface area contributed by atoms with Crippen molar-refractivity contribution in [2.24, 2.45) is 13.0 Å². The lowest BCUT2D eigenvalue weighted by Gasteiger charge is -2.31. The Morgan fingerprint density at radius 3 is 2.42 bits per heavy atom. The second-order valence-electron chi connectivity index (χ2n) is 8.52. The monoisotopic (exact) mass is 449 g/mol. The molecule has 1 aliphatic rings. The van der Waals surface area contributed by atoms with Crippen molar-refractivity contribution in [1.29, 1.82) is 0 Å². The summed E-state index contributed by atoms with van der Waals surface area (Å²) < 4.78 is 3.13. The number of nitrogens with one attached hydrogen (secondary N) is 1. The highest BCUT2D eigenvalue weighted by Gasteiger charge is 2.26. The van der Waals surface area contributed by atoms with Gasteiger partial charge in [0, 0.05) is 31.8 Å². The van der Waals surface area contributed by atoms with Gasteiger partial charge in [0.15, 0.2) is 0 Å². The largest absolute Gasteiger partial charge is 0.366 e. The third-order valence-electron chi connectivity index (χ3n) is 6.35. The van der Waals surface area contributed by atoms with E-state index in [0.29, 0.717) is 23.0 Å². The van der Waals surface area contributed by atoms with Gasteiger partial charge in [-0.15, -0.1) is 0 Å². The molecule has 9 heteroatoms. The molecule has 1 fully saturated rings. The van der Waals surface area contributed by atoms with Gasteiger partial charge in [0.25, 0.3) is 17.2 Å². The molecule has 1 aliphatic heterocycles. The molecule has 0 spiro atoms. The Labute approximate surface area is 191 Å². The van der Waals surface area contributed by atoms with Crippen LogP contribution in [0.1, 0.15) is 35.8 Å². The number of nitro groups is 1. The maximum atomic E-state index is 13.1. The first kappa shape index (κ1) is 22.3. The van der Waals surface area contributed by atoms with E-state index in [2.05, 4.69) is 12.2 Å². The highest BCUT2D eigenvalue weighted by molar-refractivity contribution is 6.05. The quantitative estimate of drug-likeness (QED) is 0.470. The summed E-state index contributed by atoms with van der Waals surface area (Å²) in [4.78, 5) is 39.3. The molecule has 1 amide bonds. The summed E-state index contributed by atoms with van der Waals surface area (Å²) in [6, 6.07) is 13.6. The van der Waals surface area contributed by atoms with Crippen LogP contribution < -0.4 is 15.8 Å². The SMILES string of the molecule is Cc1c(NC(=O)c2ccc(N3CCC(C)CC3)c([N+](=O)[O-])c2)c(=O)n(-c2ccccc2)n1C. The van der Waals surface area contributed by atoms with Gasteiger partial charge in [-0.2, -0.15) is 0 Å². The Morgan fingerprint density at radius 1 is 1.12 bits per heavy atom. The summed E-state index contributed by atoms with van der Waals surface area (Å²) in [5, 5.41) is 14.4. The van der Waals surface area contributed by atoms with Gasteiger partial charge in [0.2, 0.25) is 0 Å². The number of aromatic nitrogens is 2. The molecule has 1 N–H and O–H groups in total. The minimum Gasteiger partial charge on any atom is -0.366 e. The normalized spacial score (nSPS) is 14.3. The van der Waals surface area contributed by atoms with Gasteiger partial charge < -0.3 is 10.2 Å². The van der Waals surface area contributed by atoms with Crippen LogP contribution in [0.15, 0.2) is 53.3 Å². The number of carbonyl (C=O) groups is 1. The average molecular weight is 450 g/mol. The molecule has 3 aromatic rings. The smallest absolute Gasteiger partial charge is 0.295 e. The fraction of sp³-hybridized carbons (Fsp3) is 0.333. The maximum Gasteiger partial charge on any atom is 0.295 e. The fourth-order valence-electron chi connectivity index (χ4n) is 4.23. The van der Waals surface area contributed by atoms with Crippen molar-refractivity contribution < 1.29 is 9.72 Å². The molecule has 172 valence electrons. The minimum absolute atomic E-state index is 0.108. The summed E-state index contributed by atoms with van der Waals surface area (Å²) in [7, 11) is 1.73. The van der Waals surface area contributed by atoms with Crippen LogP contribution in [-0.2, 0) is 7.05 Å². The third-order valence-corrected chi connectivity index (χ3v) is 6.35. The molecule has 0 unspecified atom stereocenters. The lowest BCUT2D eigenvalue weighted by Crippen LogP contribution is -2.33. The van der Waals surface area contributed by atoms with Crippen molar-refractivity contribution in [2.45, 2.75) is 26.7 Å². The van der Waals surface area contributed by atoms with Crippen LogP contribution >= 0.6 is 0 Å². The van der Waals surface area contributed by atoms with Crippen molar-refractivity contribution in [3.63, 3.8) is 0 Å². The van der Waals surface area contributed by atoms with Gasteiger partial charge in [0.05, 0.1) is 16.3 Å². The number of nitrogens with zero attached hydrogens (tertiary/aromatic N) is 4. The zero-order chi connectivity index (χ0) is 23.7. The molecule has 33 heavy (non-hydrogen) atoms. The summed E-state index contributed by atoms with van der Waals surface area (Å²) in [6.45, 7) is 5.40. The van der Waals surface area contributed by atoms with Gasteiger partial charge in [-0.1, -0.05) is 25.1 Å². The molecule has 1 aromatic heterocycles. The summed E-state index contributed by atoms with van der Waals surface area (Å²) in [5.74, 6) is 0.0299. The molecule has 2 heterocycles. The van der Waals surface area contributed by atoms with E-state index in [1.54, 1.807) is 42.9 Å². The van der Waals surface area contributed by atoms with Crippen LogP contribution in [0, 0.1) is 23.0 Å². The van der Waals surface area contributed by atoms with E-state index in [-0.39, 0.29) is 22.5 Å². The van der Waals surface area contributed by atoms with Crippen LogP contribution in [0.25, 0.3) is 5.69 Å². The Balaban J connectivity index is 1.64. The number of nitro benzene ring substituents is 1. The molecule has 0 atom stereocenters. The van der Waals surface area contributed by atoms with Crippen LogP contribution in [0.3, 0.4) is 0 Å². The second-order valence-corrected chi connectivity index (χ2v) is 8.52. The fourth-order valence-corrected chi connectivity index (χ4v) is 4.23. The summed E-state index contributed by atoms with van der Waals surface area (Å²) in [6.07, 6.45) is 1.95. The predicted molar refractivity (Wildman–Crippen MR) is 127 cm³/mol. The second kappa shape index (κ2) is 8.93. The Bertz CT molecular complexity index is 1250. The van der Waals surface area contributed by atoms with Crippen molar-refractivity contribution in [1.82, 2.24) is 9.36 Å². The standard InChI is InChI=1S/C24H27N5O4/c1-16-11-13-27(14-12-16)20-10-9-18(15-21(20)29(32)33)23(30)25-22-17(2)26(3)28(24(22)31)19-7-5-4-6-8-19/h4-10,15-16H,11-14H2,1-3H3,(H,25,30). The third kappa shape index (κ3) is 4.26. The first-order valence-electron chi connectivity index (χ1n) is 11.0. The molecule has 0 saturated carbocycles. The average Bonchev–Trinajstić information content (AvgIpc) is 3.02. The van der Waals surface area contributed by atoms with Crippen LogP contribution in [0.2, 0.25) is 0 Å². The van der Waals surface area contributed by atoms with Gasteiger partial charge in [-0.3, -0.25) is 24.4 Å². The van der Waals surface area contributed by atoms with Crippen molar-refractivity contribution in [2.75, 3.05) is 23.3 Å². The minimum atomic E-state index is -0.567. The first-order chi connectivity index (χ1) is 15.8. The lowest BCUT2D eigenvalue weighted by molar-refractivity contribution is -0.384. The number of hydrogen-bond acceptors (Lipinski definition) is 5. The van der Waals surface area contributed by atoms with E-state index in [1.807, 2.05) is 23.1 Å². The Hall–Kier alpha value is -3.88. The van der Waals surface area contributed by atoms with Crippen LogP contribution in [-0.4, -0.2) is 33.3 Å². The number of benzene rings is 2. The number of carbonyl (C=O) groups excluding carboxylic acids is 1. The van der Waals surface area contributed by atoms with Crippen molar-refractivity contribution in [3.05, 3.63) is 80.3 Å². The molecular weight excluding hydrogens is 422 g/mol. The van der Waals surface area contributed by atoms with E-state index in [9.17, 15) is 19.7 Å². The highest BCUT2D eigenvalue weighted by atomic mass is 16.6. The molecule has 1 saturated heterocycles. The molecule has 9 nitrogen and oxygen atoms in total. The zero-order valence-corrected chi connectivity index (χ0v) is 18.9. The Kier molecular flexibility index (Phi) is 6.04. The van der Waals surface area contributed by atoms with Crippen LogP contribution in [0.4, 0.5) is 17.1 Å². The molecule has 0 bridgehead atoms. The van der Waals surface area contributed by atoms with Gasteiger partial charge in [-0.25, -0.2) is 4.68 Å². The van der Waals surface area contributed by atoms with Gasteiger partial charge in [0.1, 0.15) is 11.4 Å². The van der Waals surface area contributed by atoms with Crippen molar-refractivity contribution >= 4 is 23.0 Å². The van der Waals surface area contributed by atoms with Gasteiger partial charge in [-0.05, 0) is 49.9 Å². The first-order valence-corrected chi connectivity index (χ1v) is 11.0. The lowest BCUT2D eigenvalue weighted by atomic mass is 9.98. The maximum absolute atomic E-state index is 13.1. The van der Waals surface area contributed by atoms with Crippen LogP contribution in [0.5, 0.6) is 0 Å². The highest BCUT2D eigenvalue weighted by Crippen LogP contribution is 2.32. The topological polar surface area (TPSA) is 102 Å². The Morgan fingerprint density at radius 2 is 1.79 bits per heavy atom. The number of amides is 1. The zero-order valence-electron chi connectivity index (χ0n) is 18.9. The number of hydrogen-bond donors (Lipinski definition) is 1. The van der Waals surface area contributed by atoms with Gasteiger partial charge >= 0.3 is 0 Å². The van der Waals surface area contributed by atoms with Crippen molar-refractivity contribution in [3.8, 4) is 5.69 Å². The van der Waals surface area contributed by atoms with E-state index in [4.69, 9.17) is 0 Å². The number of rotatable bonds is 5. The van der Waals surface area contributed by atoms with E-state index in [0.717, 1.165) is 25.9 Å². The summed E-state index contributed by atoms with van der Waals surface area (Å²) >= 11 is 0. The molecule has 0 aliphatic carbocycles. The number of piperidine rings is 1. The molecule has 4 rings (SSSR count). The molecule has 2 aromatic carbocycles. The summed E-state index contributed by atoms with van der Waals surface area (Å²) in [5.41, 5.74) is 1.56.